The van der Waals surface area contributed by atoms with E-state index in [4.69, 9.17) is 9.97 Å². The minimum absolute atomic E-state index is 0.393. The monoisotopic (exact) mass is 281 g/mol. The summed E-state index contributed by atoms with van der Waals surface area (Å²) in [6.07, 6.45) is 3.27. The van der Waals surface area contributed by atoms with E-state index in [0.717, 1.165) is 43.0 Å². The van der Waals surface area contributed by atoms with Crippen molar-refractivity contribution in [3.05, 3.63) is 58.2 Å². The van der Waals surface area contributed by atoms with Gasteiger partial charge in [0.15, 0.2) is 0 Å². The van der Waals surface area contributed by atoms with Gasteiger partial charge in [-0.3, -0.25) is 0 Å². The van der Waals surface area contributed by atoms with Gasteiger partial charge in [0.2, 0.25) is 0 Å². The standard InChI is InChI=1S/C18H23N3/c1-12-15(9-6-10-19-3)13(2)21-18(20-12)17-11-14-7-4-5-8-16(14)17/h4-5,7-8,17,19H,6,9-11H2,1-3H3. The summed E-state index contributed by atoms with van der Waals surface area (Å²) in [5, 5.41) is 3.19. The lowest BCUT2D eigenvalue weighted by molar-refractivity contribution is 0.645. The molecule has 1 unspecified atom stereocenters. The SMILES string of the molecule is CNCCCc1c(C)nc(C2Cc3ccccc32)nc1C. The summed E-state index contributed by atoms with van der Waals surface area (Å²) >= 11 is 0. The Labute approximate surface area is 126 Å². The third kappa shape index (κ3) is 2.70. The second kappa shape index (κ2) is 5.94. The molecule has 0 radical (unpaired) electrons. The average molecular weight is 281 g/mol. The molecular formula is C18H23N3. The van der Waals surface area contributed by atoms with Crippen LogP contribution in [0.5, 0.6) is 0 Å². The molecule has 0 fully saturated rings. The van der Waals surface area contributed by atoms with Crippen LogP contribution in [0.15, 0.2) is 24.3 Å². The van der Waals surface area contributed by atoms with Crippen LogP contribution in [0.2, 0.25) is 0 Å². The van der Waals surface area contributed by atoms with Crippen LogP contribution in [0.4, 0.5) is 0 Å². The third-order valence-corrected chi connectivity index (χ3v) is 4.46. The van der Waals surface area contributed by atoms with E-state index in [9.17, 15) is 0 Å². The van der Waals surface area contributed by atoms with Gasteiger partial charge >= 0.3 is 0 Å². The highest BCUT2D eigenvalue weighted by Gasteiger charge is 2.29. The molecule has 0 saturated heterocycles. The van der Waals surface area contributed by atoms with Crippen LogP contribution in [0.1, 0.15) is 46.2 Å². The number of nitrogens with one attached hydrogen (secondary N) is 1. The smallest absolute Gasteiger partial charge is 0.136 e. The summed E-state index contributed by atoms with van der Waals surface area (Å²) < 4.78 is 0. The van der Waals surface area contributed by atoms with Gasteiger partial charge in [-0.15, -0.1) is 0 Å². The Hall–Kier alpha value is -1.74. The second-order valence-corrected chi connectivity index (χ2v) is 5.89. The zero-order chi connectivity index (χ0) is 14.8. The van der Waals surface area contributed by atoms with E-state index < -0.39 is 0 Å². The van der Waals surface area contributed by atoms with Crippen LogP contribution >= 0.6 is 0 Å². The summed E-state index contributed by atoms with van der Waals surface area (Å²) in [5.41, 5.74) is 6.47. The van der Waals surface area contributed by atoms with E-state index >= 15 is 0 Å². The quantitative estimate of drug-likeness (QED) is 0.856. The minimum atomic E-state index is 0.393. The zero-order valence-corrected chi connectivity index (χ0v) is 13.1. The van der Waals surface area contributed by atoms with Gasteiger partial charge in [-0.1, -0.05) is 24.3 Å². The predicted molar refractivity (Wildman–Crippen MR) is 85.7 cm³/mol. The molecule has 1 aromatic carbocycles. The molecule has 0 bridgehead atoms. The van der Waals surface area contributed by atoms with Gasteiger partial charge < -0.3 is 5.32 Å². The van der Waals surface area contributed by atoms with E-state index in [1.165, 1.54) is 16.7 Å². The summed E-state index contributed by atoms with van der Waals surface area (Å²) in [6, 6.07) is 8.63. The number of benzene rings is 1. The Morgan fingerprint density at radius 2 is 1.86 bits per heavy atom. The average Bonchev–Trinajstić information content (AvgIpc) is 2.43. The van der Waals surface area contributed by atoms with Crippen molar-refractivity contribution in [3.63, 3.8) is 0 Å². The molecule has 1 heterocycles. The number of hydrogen-bond acceptors (Lipinski definition) is 3. The van der Waals surface area contributed by atoms with E-state index in [0.29, 0.717) is 5.92 Å². The maximum Gasteiger partial charge on any atom is 0.136 e. The zero-order valence-electron chi connectivity index (χ0n) is 13.1. The van der Waals surface area contributed by atoms with Crippen molar-refractivity contribution in [2.75, 3.05) is 13.6 Å². The van der Waals surface area contributed by atoms with E-state index in [1.807, 2.05) is 7.05 Å². The molecule has 3 nitrogen and oxygen atoms in total. The fourth-order valence-electron chi connectivity index (χ4n) is 3.21. The lowest BCUT2D eigenvalue weighted by Gasteiger charge is -2.29. The molecule has 0 amide bonds. The summed E-state index contributed by atoms with van der Waals surface area (Å²) in [6.45, 7) is 5.28. The summed E-state index contributed by atoms with van der Waals surface area (Å²) in [7, 11) is 1.99. The highest BCUT2D eigenvalue weighted by molar-refractivity contribution is 5.44. The Morgan fingerprint density at radius 1 is 1.14 bits per heavy atom. The maximum absolute atomic E-state index is 4.80. The van der Waals surface area contributed by atoms with Crippen molar-refractivity contribution < 1.29 is 0 Å². The van der Waals surface area contributed by atoms with Crippen LogP contribution in [0.3, 0.4) is 0 Å². The van der Waals surface area contributed by atoms with Crippen molar-refractivity contribution in [2.24, 2.45) is 0 Å². The molecule has 1 aromatic heterocycles. The summed E-state index contributed by atoms with van der Waals surface area (Å²) in [4.78, 5) is 9.60. The number of rotatable bonds is 5. The molecule has 1 aliphatic carbocycles. The van der Waals surface area contributed by atoms with Crippen molar-refractivity contribution in [3.8, 4) is 0 Å². The second-order valence-electron chi connectivity index (χ2n) is 5.89. The largest absolute Gasteiger partial charge is 0.320 e. The molecule has 1 atom stereocenters. The van der Waals surface area contributed by atoms with Crippen molar-refractivity contribution >= 4 is 0 Å². The molecule has 0 saturated carbocycles. The van der Waals surface area contributed by atoms with Crippen LogP contribution in [-0.4, -0.2) is 23.6 Å². The van der Waals surface area contributed by atoms with E-state index in [2.05, 4.69) is 43.4 Å². The van der Waals surface area contributed by atoms with Gasteiger partial charge in [0, 0.05) is 17.3 Å². The first-order valence-corrected chi connectivity index (χ1v) is 7.77. The molecule has 0 aliphatic heterocycles. The van der Waals surface area contributed by atoms with Crippen molar-refractivity contribution in [1.29, 1.82) is 0 Å². The number of aromatic nitrogens is 2. The van der Waals surface area contributed by atoms with Gasteiger partial charge in [-0.2, -0.15) is 0 Å². The lowest BCUT2D eigenvalue weighted by Crippen LogP contribution is -2.21. The van der Waals surface area contributed by atoms with Crippen LogP contribution in [0.25, 0.3) is 0 Å². The van der Waals surface area contributed by atoms with Gasteiger partial charge in [0.1, 0.15) is 5.82 Å². The Balaban J connectivity index is 1.83. The molecule has 3 rings (SSSR count). The first-order chi connectivity index (χ1) is 10.2. The van der Waals surface area contributed by atoms with E-state index in [1.54, 1.807) is 0 Å². The lowest BCUT2D eigenvalue weighted by atomic mass is 9.77. The maximum atomic E-state index is 4.80. The summed E-state index contributed by atoms with van der Waals surface area (Å²) in [5.74, 6) is 1.39. The normalized spacial score (nSPS) is 16.4. The van der Waals surface area contributed by atoms with Crippen molar-refractivity contribution in [2.45, 2.75) is 39.0 Å². The molecule has 3 heteroatoms. The fourth-order valence-corrected chi connectivity index (χ4v) is 3.21. The molecular weight excluding hydrogens is 258 g/mol. The molecule has 0 spiro atoms. The Bertz CT molecular complexity index is 626. The minimum Gasteiger partial charge on any atom is -0.320 e. The van der Waals surface area contributed by atoms with Gasteiger partial charge in [-0.05, 0) is 63.4 Å². The molecule has 1 N–H and O–H groups in total. The molecule has 1 aliphatic rings. The predicted octanol–water partition coefficient (Wildman–Crippen LogP) is 2.93. The van der Waals surface area contributed by atoms with Crippen LogP contribution in [0, 0.1) is 13.8 Å². The Morgan fingerprint density at radius 3 is 2.52 bits per heavy atom. The van der Waals surface area contributed by atoms with Gasteiger partial charge in [-0.25, -0.2) is 9.97 Å². The molecule has 110 valence electrons. The van der Waals surface area contributed by atoms with Crippen molar-refractivity contribution in [1.82, 2.24) is 15.3 Å². The van der Waals surface area contributed by atoms with Gasteiger partial charge in [0.25, 0.3) is 0 Å². The topological polar surface area (TPSA) is 37.8 Å². The number of nitrogens with zero attached hydrogens (tertiary/aromatic N) is 2. The Kier molecular flexibility index (Phi) is 4.02. The number of fused-ring (bicyclic) bond motifs is 1. The first kappa shape index (κ1) is 14.2. The van der Waals surface area contributed by atoms with Crippen LogP contribution < -0.4 is 5.32 Å². The molecule has 21 heavy (non-hydrogen) atoms. The highest BCUT2D eigenvalue weighted by Crippen LogP contribution is 2.38. The number of aryl methyl sites for hydroxylation is 2. The van der Waals surface area contributed by atoms with Crippen LogP contribution in [-0.2, 0) is 12.8 Å². The van der Waals surface area contributed by atoms with Gasteiger partial charge in [0.05, 0.1) is 0 Å². The number of hydrogen-bond donors (Lipinski definition) is 1. The fraction of sp³-hybridized carbons (Fsp3) is 0.444. The highest BCUT2D eigenvalue weighted by atomic mass is 14.9. The van der Waals surface area contributed by atoms with E-state index in [-0.39, 0.29) is 0 Å². The molecule has 2 aromatic rings. The first-order valence-electron chi connectivity index (χ1n) is 7.77. The third-order valence-electron chi connectivity index (χ3n) is 4.46.